The van der Waals surface area contributed by atoms with Crippen molar-refractivity contribution in [3.05, 3.63) is 71.8 Å². The highest BCUT2D eigenvalue weighted by Crippen LogP contribution is 2.19. The van der Waals surface area contributed by atoms with E-state index in [1.807, 2.05) is 0 Å². The molecule has 0 spiro atoms. The Morgan fingerprint density at radius 1 is 0.558 bits per heavy atom. The van der Waals surface area contributed by atoms with Gasteiger partial charge >= 0.3 is 17.9 Å². The molecule has 0 aliphatic heterocycles. The molecule has 2 aromatic carbocycles. The van der Waals surface area contributed by atoms with Gasteiger partial charge in [0.05, 0.1) is 19.0 Å². The second kappa shape index (κ2) is 22.3. The molecule has 14 heteroatoms. The number of amides is 2. The summed E-state index contributed by atoms with van der Waals surface area (Å²) in [5, 5.41) is 32.2. The van der Waals surface area contributed by atoms with Crippen LogP contribution < -0.4 is 10.6 Å². The molecule has 0 heterocycles. The Kier molecular flexibility index (Phi) is 18.3. The van der Waals surface area contributed by atoms with Gasteiger partial charge in [0.1, 0.15) is 11.6 Å². The molecule has 0 aliphatic carbocycles. The Bertz CT molecular complexity index is 1570. The van der Waals surface area contributed by atoms with Crippen molar-refractivity contribution in [2.24, 2.45) is 17.8 Å². The number of hydrogen-bond acceptors (Lipinski definition) is 9. The SMILES string of the molecule is CC(=O)[C@H](CCC(=O)O)CC(=O)[C@H](Cc1ccccc1)NC(=O)[C@@H](CC(=O)CNC(=O)[C@H](CCC(=O)O)CC(=O)CCC(=O)O)Cc1ccccc1. The molecule has 2 rings (SSSR count). The van der Waals surface area contributed by atoms with Crippen LogP contribution in [0.5, 0.6) is 0 Å². The maximum Gasteiger partial charge on any atom is 0.303 e. The standard InChI is InChI=1S/C38H46N2O12/c1-24(41)27(12-15-34(45)46)22-33(44)32(19-26-10-6-3-7-11-26)40-38(52)29(18-25-8-4-2-5-9-25)21-31(43)23-39-37(51)28(13-16-35(47)48)20-30(42)14-17-36(49)50/h2-11,27-29,32H,12-23H2,1H3,(H,39,51)(H,40,52)(H,45,46)(H,47,48)(H,49,50)/t27-,28-,29-,32+/m1/s1. The first-order valence-corrected chi connectivity index (χ1v) is 17.0. The van der Waals surface area contributed by atoms with E-state index in [4.69, 9.17) is 15.3 Å². The van der Waals surface area contributed by atoms with E-state index in [-0.39, 0.29) is 57.1 Å². The van der Waals surface area contributed by atoms with Crippen LogP contribution in [0.1, 0.15) is 75.8 Å². The topological polar surface area (TPSA) is 238 Å². The van der Waals surface area contributed by atoms with Crippen LogP contribution in [0.2, 0.25) is 0 Å². The second-order valence-electron chi connectivity index (χ2n) is 12.8. The predicted molar refractivity (Wildman–Crippen MR) is 186 cm³/mol. The summed E-state index contributed by atoms with van der Waals surface area (Å²) in [5.41, 5.74) is 1.42. The monoisotopic (exact) mass is 722 g/mol. The lowest BCUT2D eigenvalue weighted by molar-refractivity contribution is -0.139. The molecule has 0 radical (unpaired) electrons. The third-order valence-corrected chi connectivity index (χ3v) is 8.52. The van der Waals surface area contributed by atoms with Crippen molar-refractivity contribution < 1.29 is 58.5 Å². The summed E-state index contributed by atoms with van der Waals surface area (Å²) in [4.78, 5) is 111. The summed E-state index contributed by atoms with van der Waals surface area (Å²) >= 11 is 0. The first kappa shape index (κ1) is 42.6. The number of ketones is 4. The van der Waals surface area contributed by atoms with Gasteiger partial charge in [0.15, 0.2) is 11.6 Å². The van der Waals surface area contributed by atoms with Crippen molar-refractivity contribution in [3.8, 4) is 0 Å². The number of aliphatic carboxylic acids is 3. The number of carbonyl (C=O) groups is 9. The van der Waals surface area contributed by atoms with Crippen LogP contribution in [0.15, 0.2) is 60.7 Å². The van der Waals surface area contributed by atoms with Gasteiger partial charge in [-0.1, -0.05) is 60.7 Å². The Hall–Kier alpha value is -5.53. The zero-order valence-corrected chi connectivity index (χ0v) is 29.1. The molecule has 14 nitrogen and oxygen atoms in total. The maximum atomic E-state index is 13.9. The minimum absolute atomic E-state index is 0.0487. The Morgan fingerprint density at radius 3 is 1.58 bits per heavy atom. The summed E-state index contributed by atoms with van der Waals surface area (Å²) in [5.74, 6) is -9.85. The molecule has 0 bridgehead atoms. The third kappa shape index (κ3) is 16.9. The summed E-state index contributed by atoms with van der Waals surface area (Å²) in [7, 11) is 0. The molecule has 2 aromatic rings. The lowest BCUT2D eigenvalue weighted by Crippen LogP contribution is -2.47. The molecule has 4 atom stereocenters. The smallest absolute Gasteiger partial charge is 0.303 e. The molecular formula is C38H46N2O12. The lowest BCUT2D eigenvalue weighted by Gasteiger charge is -2.24. The van der Waals surface area contributed by atoms with Crippen LogP contribution in [0.25, 0.3) is 0 Å². The number of carbonyl (C=O) groups excluding carboxylic acids is 6. The third-order valence-electron chi connectivity index (χ3n) is 8.52. The largest absolute Gasteiger partial charge is 0.481 e. The van der Waals surface area contributed by atoms with Gasteiger partial charge in [-0.2, -0.15) is 0 Å². The average Bonchev–Trinajstić information content (AvgIpc) is 3.09. The number of benzene rings is 2. The number of nitrogens with one attached hydrogen (secondary N) is 2. The van der Waals surface area contributed by atoms with E-state index in [1.165, 1.54) is 6.92 Å². The fourth-order valence-corrected chi connectivity index (χ4v) is 5.60. The molecule has 5 N–H and O–H groups in total. The van der Waals surface area contributed by atoms with E-state index < -0.39 is 96.7 Å². The molecule has 0 fully saturated rings. The number of carboxylic acid groups (broad SMARTS) is 3. The van der Waals surface area contributed by atoms with E-state index >= 15 is 0 Å². The molecule has 52 heavy (non-hydrogen) atoms. The van der Waals surface area contributed by atoms with Crippen molar-refractivity contribution in [2.45, 2.75) is 83.6 Å². The van der Waals surface area contributed by atoms with Gasteiger partial charge in [-0.15, -0.1) is 0 Å². The van der Waals surface area contributed by atoms with Gasteiger partial charge in [-0.25, -0.2) is 0 Å². The fraction of sp³-hybridized carbons (Fsp3) is 0.447. The van der Waals surface area contributed by atoms with Crippen LogP contribution in [0.4, 0.5) is 0 Å². The predicted octanol–water partition coefficient (Wildman–Crippen LogP) is 2.98. The fourth-order valence-electron chi connectivity index (χ4n) is 5.60. The van der Waals surface area contributed by atoms with Crippen LogP contribution in [-0.4, -0.2) is 80.8 Å². The van der Waals surface area contributed by atoms with Crippen LogP contribution in [-0.2, 0) is 56.0 Å². The highest BCUT2D eigenvalue weighted by atomic mass is 16.4. The summed E-state index contributed by atoms with van der Waals surface area (Å²) in [6, 6.07) is 16.5. The molecule has 2 amide bonds. The van der Waals surface area contributed by atoms with Crippen molar-refractivity contribution in [2.75, 3.05) is 6.54 Å². The number of carboxylic acids is 3. The van der Waals surface area contributed by atoms with Gasteiger partial charge in [0.2, 0.25) is 11.8 Å². The minimum Gasteiger partial charge on any atom is -0.481 e. The highest BCUT2D eigenvalue weighted by molar-refractivity contribution is 5.95. The summed E-state index contributed by atoms with van der Waals surface area (Å²) in [6.07, 6.45) is -2.71. The van der Waals surface area contributed by atoms with Crippen molar-refractivity contribution in [1.29, 1.82) is 0 Å². The minimum atomic E-state index is -1.21. The Labute approximate surface area is 301 Å². The molecule has 0 aliphatic rings. The van der Waals surface area contributed by atoms with Crippen LogP contribution in [0.3, 0.4) is 0 Å². The number of Topliss-reactive ketones (excluding diaryl/α,β-unsaturated/α-hetero) is 4. The summed E-state index contributed by atoms with van der Waals surface area (Å²) in [6.45, 7) is 0.733. The van der Waals surface area contributed by atoms with Gasteiger partial charge in [-0.3, -0.25) is 43.2 Å². The first-order chi connectivity index (χ1) is 24.6. The van der Waals surface area contributed by atoms with Gasteiger partial charge in [-0.05, 0) is 43.7 Å². The van der Waals surface area contributed by atoms with E-state index in [2.05, 4.69) is 10.6 Å². The lowest BCUT2D eigenvalue weighted by atomic mass is 9.88. The van der Waals surface area contributed by atoms with Crippen molar-refractivity contribution in [3.63, 3.8) is 0 Å². The van der Waals surface area contributed by atoms with E-state index in [1.54, 1.807) is 60.7 Å². The van der Waals surface area contributed by atoms with Crippen LogP contribution in [0, 0.1) is 17.8 Å². The van der Waals surface area contributed by atoms with Crippen molar-refractivity contribution >= 4 is 52.9 Å². The molecule has 0 saturated heterocycles. The van der Waals surface area contributed by atoms with Gasteiger partial charge in [0.25, 0.3) is 0 Å². The molecule has 280 valence electrons. The highest BCUT2D eigenvalue weighted by Gasteiger charge is 2.31. The molecule has 0 aromatic heterocycles. The molecule has 0 saturated carbocycles. The van der Waals surface area contributed by atoms with E-state index in [0.717, 1.165) is 0 Å². The van der Waals surface area contributed by atoms with Gasteiger partial charge in [0, 0.05) is 56.3 Å². The second-order valence-corrected chi connectivity index (χ2v) is 12.8. The normalized spacial score (nSPS) is 13.1. The average molecular weight is 723 g/mol. The van der Waals surface area contributed by atoms with E-state index in [9.17, 15) is 43.2 Å². The zero-order valence-electron chi connectivity index (χ0n) is 29.1. The summed E-state index contributed by atoms with van der Waals surface area (Å²) < 4.78 is 0. The van der Waals surface area contributed by atoms with Gasteiger partial charge < -0.3 is 26.0 Å². The molecular weight excluding hydrogens is 676 g/mol. The van der Waals surface area contributed by atoms with Crippen LogP contribution >= 0.6 is 0 Å². The zero-order chi connectivity index (χ0) is 38.6. The first-order valence-electron chi connectivity index (χ1n) is 17.0. The Balaban J connectivity index is 2.24. The molecule has 0 unspecified atom stereocenters. The maximum absolute atomic E-state index is 13.9. The quantitative estimate of drug-likeness (QED) is 0.0942. The van der Waals surface area contributed by atoms with Crippen molar-refractivity contribution in [1.82, 2.24) is 10.6 Å². The number of rotatable bonds is 26. The Morgan fingerprint density at radius 2 is 1.06 bits per heavy atom. The van der Waals surface area contributed by atoms with E-state index in [0.29, 0.717) is 11.1 Å². The number of hydrogen-bond donors (Lipinski definition) is 5.